The molecule has 5 heteroatoms. The van der Waals surface area contributed by atoms with E-state index in [0.717, 1.165) is 19.6 Å². The lowest BCUT2D eigenvalue weighted by Gasteiger charge is -2.24. The first kappa shape index (κ1) is 13.9. The molecule has 0 aromatic rings. The van der Waals surface area contributed by atoms with Gasteiger partial charge in [0, 0.05) is 20.0 Å². The monoisotopic (exact) mass is 216 g/mol. The Balaban J connectivity index is 4.06. The second-order valence-electron chi connectivity index (χ2n) is 3.36. The predicted octanol–water partition coefficient (Wildman–Crippen LogP) is 0.261. The number of hydrogen-bond acceptors (Lipinski definition) is 3. The summed E-state index contributed by atoms with van der Waals surface area (Å²) in [6, 6.07) is 0. The summed E-state index contributed by atoms with van der Waals surface area (Å²) < 4.78 is 0. The highest BCUT2D eigenvalue weighted by Gasteiger charge is 2.13. The minimum atomic E-state index is -0.968. The maximum Gasteiger partial charge on any atom is 0.323 e. The fraction of sp³-hybridized carbons (Fsp3) is 0.800. The molecule has 0 saturated heterocycles. The van der Waals surface area contributed by atoms with Crippen molar-refractivity contribution in [3.05, 3.63) is 0 Å². The van der Waals surface area contributed by atoms with Crippen LogP contribution in [0.15, 0.2) is 0 Å². The topological polar surface area (TPSA) is 60.9 Å². The van der Waals surface area contributed by atoms with E-state index in [0.29, 0.717) is 6.54 Å². The van der Waals surface area contributed by atoms with Gasteiger partial charge in [-0.3, -0.25) is 9.59 Å². The van der Waals surface area contributed by atoms with Crippen molar-refractivity contribution in [3.63, 3.8) is 0 Å². The summed E-state index contributed by atoms with van der Waals surface area (Å²) in [5.41, 5.74) is 0. The Kier molecular flexibility index (Phi) is 6.70. The van der Waals surface area contributed by atoms with Gasteiger partial charge in [-0.25, -0.2) is 0 Å². The number of nitrogens with zero attached hydrogens (tertiary/aromatic N) is 2. The van der Waals surface area contributed by atoms with E-state index >= 15 is 0 Å². The van der Waals surface area contributed by atoms with Crippen molar-refractivity contribution >= 4 is 11.9 Å². The molecule has 0 radical (unpaired) electrons. The molecule has 5 nitrogen and oxygen atoms in total. The van der Waals surface area contributed by atoms with Crippen molar-refractivity contribution in [1.82, 2.24) is 9.80 Å². The fourth-order valence-electron chi connectivity index (χ4n) is 1.31. The minimum absolute atomic E-state index is 0.190. The zero-order valence-corrected chi connectivity index (χ0v) is 9.69. The first-order chi connectivity index (χ1) is 7.01. The second-order valence-corrected chi connectivity index (χ2v) is 3.36. The van der Waals surface area contributed by atoms with Crippen LogP contribution in [0.1, 0.15) is 20.8 Å². The van der Waals surface area contributed by atoms with Gasteiger partial charge >= 0.3 is 5.97 Å². The van der Waals surface area contributed by atoms with E-state index in [2.05, 4.69) is 4.90 Å². The SMILES string of the molecule is CCN(CC)CCN(CC(=O)O)C(C)=O. The third-order valence-electron chi connectivity index (χ3n) is 2.35. The number of likely N-dealkylation sites (N-methyl/N-ethyl adjacent to an activating group) is 1. The van der Waals surface area contributed by atoms with Crippen LogP contribution in [-0.4, -0.2) is 59.5 Å². The highest BCUT2D eigenvalue weighted by atomic mass is 16.4. The summed E-state index contributed by atoms with van der Waals surface area (Å²) in [6.45, 7) is 8.28. The standard InChI is InChI=1S/C10H20N2O3/c1-4-11(5-2)6-7-12(9(3)13)8-10(14)15/h4-8H2,1-3H3,(H,14,15). The van der Waals surface area contributed by atoms with Crippen LogP contribution in [-0.2, 0) is 9.59 Å². The summed E-state index contributed by atoms with van der Waals surface area (Å²) in [5, 5.41) is 8.60. The molecule has 0 aliphatic carbocycles. The Labute approximate surface area is 90.7 Å². The summed E-state index contributed by atoms with van der Waals surface area (Å²) >= 11 is 0. The number of carboxylic acids is 1. The Bertz CT molecular complexity index is 215. The van der Waals surface area contributed by atoms with Gasteiger partial charge in [0.25, 0.3) is 0 Å². The normalized spacial score (nSPS) is 10.4. The van der Waals surface area contributed by atoms with Crippen LogP contribution in [0, 0.1) is 0 Å². The van der Waals surface area contributed by atoms with Crippen LogP contribution in [0.2, 0.25) is 0 Å². The molecule has 0 aliphatic rings. The van der Waals surface area contributed by atoms with Gasteiger partial charge in [0.05, 0.1) is 0 Å². The average molecular weight is 216 g/mol. The van der Waals surface area contributed by atoms with Gasteiger partial charge in [0.2, 0.25) is 5.91 Å². The van der Waals surface area contributed by atoms with Crippen LogP contribution < -0.4 is 0 Å². The Morgan fingerprint density at radius 1 is 1.13 bits per heavy atom. The molecule has 0 spiro atoms. The summed E-state index contributed by atoms with van der Waals surface area (Å²) in [4.78, 5) is 25.1. The van der Waals surface area contributed by atoms with Crippen LogP contribution in [0.25, 0.3) is 0 Å². The molecular formula is C10H20N2O3. The van der Waals surface area contributed by atoms with E-state index in [1.54, 1.807) is 0 Å². The lowest BCUT2D eigenvalue weighted by atomic mass is 10.4. The van der Waals surface area contributed by atoms with Gasteiger partial charge in [0.15, 0.2) is 0 Å². The number of carbonyl (C=O) groups excluding carboxylic acids is 1. The van der Waals surface area contributed by atoms with Crippen LogP contribution in [0.4, 0.5) is 0 Å². The molecule has 0 rings (SSSR count). The van der Waals surface area contributed by atoms with Crippen molar-refractivity contribution in [3.8, 4) is 0 Å². The molecular weight excluding hydrogens is 196 g/mol. The molecule has 1 N–H and O–H groups in total. The summed E-state index contributed by atoms with van der Waals surface area (Å²) in [5.74, 6) is -1.16. The smallest absolute Gasteiger partial charge is 0.323 e. The molecule has 0 aliphatic heterocycles. The fourth-order valence-corrected chi connectivity index (χ4v) is 1.31. The zero-order valence-electron chi connectivity index (χ0n) is 9.69. The minimum Gasteiger partial charge on any atom is -0.480 e. The summed E-state index contributed by atoms with van der Waals surface area (Å²) in [7, 11) is 0. The Morgan fingerprint density at radius 3 is 2.00 bits per heavy atom. The molecule has 15 heavy (non-hydrogen) atoms. The number of rotatable bonds is 7. The number of aliphatic carboxylic acids is 1. The number of hydrogen-bond donors (Lipinski definition) is 1. The van der Waals surface area contributed by atoms with Gasteiger partial charge in [-0.15, -0.1) is 0 Å². The van der Waals surface area contributed by atoms with Gasteiger partial charge in [-0.1, -0.05) is 13.8 Å². The summed E-state index contributed by atoms with van der Waals surface area (Å²) in [6.07, 6.45) is 0. The van der Waals surface area contributed by atoms with Crippen molar-refractivity contribution in [1.29, 1.82) is 0 Å². The number of carboxylic acid groups (broad SMARTS) is 1. The predicted molar refractivity (Wildman–Crippen MR) is 57.7 cm³/mol. The van der Waals surface area contributed by atoms with E-state index in [-0.39, 0.29) is 12.5 Å². The maximum atomic E-state index is 11.1. The van der Waals surface area contributed by atoms with E-state index < -0.39 is 5.97 Å². The van der Waals surface area contributed by atoms with Gasteiger partial charge < -0.3 is 14.9 Å². The van der Waals surface area contributed by atoms with Crippen LogP contribution >= 0.6 is 0 Å². The largest absolute Gasteiger partial charge is 0.480 e. The first-order valence-electron chi connectivity index (χ1n) is 5.20. The zero-order chi connectivity index (χ0) is 11.8. The molecule has 0 heterocycles. The molecule has 0 saturated carbocycles. The van der Waals surface area contributed by atoms with Crippen molar-refractivity contribution < 1.29 is 14.7 Å². The maximum absolute atomic E-state index is 11.1. The number of amides is 1. The lowest BCUT2D eigenvalue weighted by Crippen LogP contribution is -2.40. The van der Waals surface area contributed by atoms with Crippen molar-refractivity contribution in [2.75, 3.05) is 32.7 Å². The molecule has 0 bridgehead atoms. The van der Waals surface area contributed by atoms with Gasteiger partial charge in [0.1, 0.15) is 6.54 Å². The molecule has 0 unspecified atom stereocenters. The van der Waals surface area contributed by atoms with E-state index in [9.17, 15) is 9.59 Å². The van der Waals surface area contributed by atoms with E-state index in [4.69, 9.17) is 5.11 Å². The molecule has 88 valence electrons. The van der Waals surface area contributed by atoms with E-state index in [1.807, 2.05) is 13.8 Å². The lowest BCUT2D eigenvalue weighted by molar-refractivity contribution is -0.143. The second kappa shape index (κ2) is 7.23. The molecule has 0 atom stereocenters. The van der Waals surface area contributed by atoms with Crippen molar-refractivity contribution in [2.45, 2.75) is 20.8 Å². The third-order valence-corrected chi connectivity index (χ3v) is 2.35. The third kappa shape index (κ3) is 6.06. The highest BCUT2D eigenvalue weighted by molar-refractivity contribution is 5.79. The molecule has 0 fully saturated rings. The van der Waals surface area contributed by atoms with Crippen LogP contribution in [0.3, 0.4) is 0 Å². The molecule has 0 aromatic carbocycles. The van der Waals surface area contributed by atoms with Crippen LogP contribution in [0.5, 0.6) is 0 Å². The van der Waals surface area contributed by atoms with Gasteiger partial charge in [-0.2, -0.15) is 0 Å². The van der Waals surface area contributed by atoms with Gasteiger partial charge in [-0.05, 0) is 13.1 Å². The Hall–Kier alpha value is -1.10. The van der Waals surface area contributed by atoms with E-state index in [1.165, 1.54) is 11.8 Å². The highest BCUT2D eigenvalue weighted by Crippen LogP contribution is 1.93. The number of carbonyl (C=O) groups is 2. The Morgan fingerprint density at radius 2 is 1.67 bits per heavy atom. The molecule has 1 amide bonds. The van der Waals surface area contributed by atoms with Crippen molar-refractivity contribution in [2.24, 2.45) is 0 Å². The molecule has 0 aromatic heterocycles. The quantitative estimate of drug-likeness (QED) is 0.663. The average Bonchev–Trinajstić information content (AvgIpc) is 2.16. The first-order valence-corrected chi connectivity index (χ1v) is 5.20.